The van der Waals surface area contributed by atoms with Crippen LogP contribution in [0.25, 0.3) is 21.8 Å². The van der Waals surface area contributed by atoms with Gasteiger partial charge in [-0.25, -0.2) is 9.97 Å². The molecule has 5 N–H and O–H groups in total. The monoisotopic (exact) mass is 928 g/mol. The summed E-state index contributed by atoms with van der Waals surface area (Å²) in [6.45, 7) is 8.63. The number of nitrogens with zero attached hydrogens (tertiary/aromatic N) is 7. The van der Waals surface area contributed by atoms with E-state index >= 15 is 0 Å². The van der Waals surface area contributed by atoms with Crippen LogP contribution in [0.2, 0.25) is 10.0 Å². The predicted molar refractivity (Wildman–Crippen MR) is 252 cm³/mol. The third kappa shape index (κ3) is 10.8. The van der Waals surface area contributed by atoms with Crippen molar-refractivity contribution < 1.29 is 23.8 Å². The molecule has 0 bridgehead atoms. The van der Waals surface area contributed by atoms with E-state index in [4.69, 9.17) is 42.4 Å². The number of aromatic nitrogens is 6. The Morgan fingerprint density at radius 3 is 1.89 bits per heavy atom. The summed E-state index contributed by atoms with van der Waals surface area (Å²) in [6, 6.07) is 13.9. The molecule has 2 aromatic carbocycles. The van der Waals surface area contributed by atoms with Gasteiger partial charge >= 0.3 is 0 Å². The third-order valence-corrected chi connectivity index (χ3v) is 11.0. The van der Waals surface area contributed by atoms with E-state index in [1.165, 1.54) is 19.4 Å². The van der Waals surface area contributed by atoms with E-state index < -0.39 is 5.91 Å². The smallest absolute Gasteiger partial charge is 0.293 e. The van der Waals surface area contributed by atoms with Gasteiger partial charge in [0.25, 0.3) is 22.9 Å². The number of benzene rings is 2. The standard InChI is InChI=1S/C44H50Cl2N12O7/c1-24(2)57-34-10-8-29(16-27(34)17-35(41(57)61)64-22-37(59)47-5)53-40-32(46)20-51-44(55-40)56-13-14-63-30(21-56)11-12-49-38(60)23-65-36-18-26-15-28(7-9-33(26)58(25(3)4)42(36)62)52-39-31(45)19-50-43(48-6)54-39/h7-10,15-20,24-25,30H,11-14,21-23H2,1-6H3,(H,47,59)(H,49,60)(H,51,53,55)(H2,48,50,52,54). The van der Waals surface area contributed by atoms with Crippen molar-refractivity contribution in [2.45, 2.75) is 52.3 Å². The number of nitrogens with one attached hydrogen (secondary N) is 5. The molecule has 1 fully saturated rings. The van der Waals surface area contributed by atoms with Crippen LogP contribution in [0, 0.1) is 0 Å². The molecule has 1 aliphatic rings. The maximum atomic E-state index is 13.6. The Balaban J connectivity index is 0.965. The fraction of sp³-hybridized carbons (Fsp3) is 0.364. The molecular weight excluding hydrogens is 879 g/mol. The maximum Gasteiger partial charge on any atom is 0.293 e. The van der Waals surface area contributed by atoms with Crippen molar-refractivity contribution in [3.63, 3.8) is 0 Å². The van der Waals surface area contributed by atoms with Crippen molar-refractivity contribution in [2.24, 2.45) is 0 Å². The molecule has 342 valence electrons. The van der Waals surface area contributed by atoms with Crippen molar-refractivity contribution >= 4 is 91.7 Å². The zero-order valence-corrected chi connectivity index (χ0v) is 38.2. The maximum absolute atomic E-state index is 13.6. The van der Waals surface area contributed by atoms with Gasteiger partial charge in [-0.15, -0.1) is 0 Å². The van der Waals surface area contributed by atoms with E-state index in [0.717, 1.165) is 0 Å². The number of rotatable bonds is 17. The van der Waals surface area contributed by atoms with Crippen LogP contribution >= 0.6 is 23.2 Å². The lowest BCUT2D eigenvalue weighted by Crippen LogP contribution is -2.44. The van der Waals surface area contributed by atoms with Crippen molar-refractivity contribution in [2.75, 3.05) is 74.4 Å². The van der Waals surface area contributed by atoms with E-state index in [9.17, 15) is 19.2 Å². The molecule has 0 radical (unpaired) electrons. The number of hydrogen-bond donors (Lipinski definition) is 5. The van der Waals surface area contributed by atoms with Crippen LogP contribution in [0.4, 0.5) is 34.9 Å². The molecule has 1 aliphatic heterocycles. The van der Waals surface area contributed by atoms with Crippen molar-refractivity contribution in [3.8, 4) is 11.5 Å². The van der Waals surface area contributed by atoms with Crippen LogP contribution in [0.1, 0.15) is 46.2 Å². The van der Waals surface area contributed by atoms with E-state index in [2.05, 4.69) is 41.5 Å². The normalized spacial score (nSPS) is 13.9. The summed E-state index contributed by atoms with van der Waals surface area (Å²) in [7, 11) is 3.20. The van der Waals surface area contributed by atoms with Gasteiger partial charge in [0.15, 0.2) is 36.3 Å². The lowest BCUT2D eigenvalue weighted by Gasteiger charge is -2.33. The van der Waals surface area contributed by atoms with Crippen LogP contribution < -0.4 is 52.1 Å². The summed E-state index contributed by atoms with van der Waals surface area (Å²) in [5, 5.41) is 16.8. The number of morpholine rings is 1. The molecule has 1 unspecified atom stereocenters. The number of carbonyl (C=O) groups is 2. The van der Waals surface area contributed by atoms with Crippen molar-refractivity contribution in [1.29, 1.82) is 0 Å². The average molecular weight is 930 g/mol. The molecule has 0 saturated carbocycles. The molecule has 19 nitrogen and oxygen atoms in total. The summed E-state index contributed by atoms with van der Waals surface area (Å²) in [5.41, 5.74) is 2.02. The van der Waals surface area contributed by atoms with Gasteiger partial charge in [-0.05, 0) is 82.6 Å². The second-order valence-corrected chi connectivity index (χ2v) is 16.5. The topological polar surface area (TPSA) is 221 Å². The zero-order chi connectivity index (χ0) is 46.4. The van der Waals surface area contributed by atoms with Crippen LogP contribution in [0.15, 0.2) is 70.5 Å². The van der Waals surface area contributed by atoms with Gasteiger partial charge in [-0.1, -0.05) is 23.2 Å². The van der Waals surface area contributed by atoms with Crippen molar-refractivity contribution in [1.82, 2.24) is 39.7 Å². The first-order chi connectivity index (χ1) is 31.2. The molecule has 1 saturated heterocycles. The Hall–Kier alpha value is -6.70. The molecule has 7 rings (SSSR count). The van der Waals surface area contributed by atoms with Gasteiger partial charge in [-0.2, -0.15) is 9.97 Å². The van der Waals surface area contributed by atoms with E-state index in [1.54, 1.807) is 28.3 Å². The molecule has 6 aromatic rings. The highest BCUT2D eigenvalue weighted by Gasteiger charge is 2.24. The molecule has 0 aliphatic carbocycles. The number of amides is 2. The highest BCUT2D eigenvalue weighted by Crippen LogP contribution is 2.31. The Morgan fingerprint density at radius 1 is 0.785 bits per heavy atom. The van der Waals surface area contributed by atoms with E-state index in [1.807, 2.05) is 69.0 Å². The highest BCUT2D eigenvalue weighted by molar-refractivity contribution is 6.33. The first-order valence-electron chi connectivity index (χ1n) is 21.0. The van der Waals surface area contributed by atoms with Crippen molar-refractivity contribution in [3.05, 3.63) is 91.7 Å². The van der Waals surface area contributed by atoms with E-state index in [0.29, 0.717) is 99.4 Å². The molecule has 21 heteroatoms. The van der Waals surface area contributed by atoms with Crippen LogP contribution in [0.3, 0.4) is 0 Å². The SMILES string of the molecule is CNC(=O)COc1cc2cc(Nc3nc(N4CCOC(CCNC(=O)COc5cc6cc(Nc7nc(NC)ncc7Cl)ccc6n(C(C)C)c5=O)C4)ncc3Cl)ccc2n(C(C)C)c1=O. The molecular formula is C44H50Cl2N12O7. The molecule has 4 aromatic heterocycles. The van der Waals surface area contributed by atoms with Gasteiger partial charge in [0.2, 0.25) is 11.9 Å². The van der Waals surface area contributed by atoms with Crippen LogP contribution in [-0.4, -0.2) is 101 Å². The van der Waals surface area contributed by atoms with Crippen LogP contribution in [0.5, 0.6) is 11.5 Å². The molecule has 2 amide bonds. The van der Waals surface area contributed by atoms with Gasteiger partial charge in [-0.3, -0.25) is 19.2 Å². The first-order valence-corrected chi connectivity index (χ1v) is 21.7. The Bertz CT molecular complexity index is 2860. The Morgan fingerprint density at radius 2 is 1.34 bits per heavy atom. The quantitative estimate of drug-likeness (QED) is 0.0729. The third-order valence-electron chi connectivity index (χ3n) is 10.5. The number of anilines is 6. The average Bonchev–Trinajstić information content (AvgIpc) is 3.28. The molecule has 0 spiro atoms. The van der Waals surface area contributed by atoms with E-state index in [-0.39, 0.29) is 59.9 Å². The number of hydrogen-bond acceptors (Lipinski definition) is 15. The predicted octanol–water partition coefficient (Wildman–Crippen LogP) is 5.81. The molecule has 65 heavy (non-hydrogen) atoms. The summed E-state index contributed by atoms with van der Waals surface area (Å²) < 4.78 is 20.7. The number of carbonyl (C=O) groups excluding carboxylic acids is 2. The minimum absolute atomic E-state index is 0.0371. The Kier molecular flexibility index (Phi) is 14.5. The fourth-order valence-corrected chi connectivity index (χ4v) is 7.61. The second kappa shape index (κ2) is 20.4. The summed E-state index contributed by atoms with van der Waals surface area (Å²) in [6.07, 6.45) is 3.26. The Labute approximate surface area is 383 Å². The first kappa shape index (κ1) is 46.3. The number of ether oxygens (including phenoxy) is 3. The summed E-state index contributed by atoms with van der Waals surface area (Å²) >= 11 is 12.9. The van der Waals surface area contributed by atoms with Gasteiger partial charge in [0.1, 0.15) is 10.0 Å². The lowest BCUT2D eigenvalue weighted by atomic mass is 10.1. The number of fused-ring (bicyclic) bond motifs is 2. The lowest BCUT2D eigenvalue weighted by molar-refractivity contribution is -0.123. The summed E-state index contributed by atoms with van der Waals surface area (Å²) in [5.74, 6) is 0.960. The number of pyridine rings is 2. The van der Waals surface area contributed by atoms with Gasteiger partial charge in [0.05, 0.1) is 36.1 Å². The minimum Gasteiger partial charge on any atom is -0.478 e. The zero-order valence-electron chi connectivity index (χ0n) is 36.7. The fourth-order valence-electron chi connectivity index (χ4n) is 7.33. The van der Waals surface area contributed by atoms with Gasteiger partial charge in [0, 0.05) is 68.0 Å². The van der Waals surface area contributed by atoms with Gasteiger partial charge < -0.3 is 54.8 Å². The number of likely N-dealkylation sites (N-methyl/N-ethyl adjacent to an activating group) is 1. The second-order valence-electron chi connectivity index (χ2n) is 15.7. The summed E-state index contributed by atoms with van der Waals surface area (Å²) in [4.78, 5) is 71.4. The largest absolute Gasteiger partial charge is 0.478 e. The molecule has 5 heterocycles. The minimum atomic E-state index is -0.395. The highest BCUT2D eigenvalue weighted by atomic mass is 35.5. The molecule has 1 atom stereocenters. The van der Waals surface area contributed by atoms with Crippen LogP contribution in [-0.2, 0) is 14.3 Å². The number of halogens is 2.